The highest BCUT2D eigenvalue weighted by Crippen LogP contribution is 2.09. The summed E-state index contributed by atoms with van der Waals surface area (Å²) in [6.07, 6.45) is 0.836. The van der Waals surface area contributed by atoms with Gasteiger partial charge >= 0.3 is 0 Å². The number of carbonyl (C=O) groups is 1. The van der Waals surface area contributed by atoms with E-state index in [1.807, 2.05) is 14.1 Å². The van der Waals surface area contributed by atoms with E-state index in [1.54, 1.807) is 0 Å². The van der Waals surface area contributed by atoms with Crippen LogP contribution in [0.1, 0.15) is 6.42 Å². The molecular weight excluding hydrogens is 142 g/mol. The minimum atomic E-state index is -0.241. The molecule has 4 nitrogen and oxygen atoms in total. The standard InChI is InChI=1S/C7H15N3O/c1-10(2)5-3-6(7(8)11)9-4-5/h5-6,9H,3-4H2,1-2H3,(H2,8,11)/t5-,6+/m1/s1. The summed E-state index contributed by atoms with van der Waals surface area (Å²) >= 11 is 0. The van der Waals surface area contributed by atoms with E-state index in [4.69, 9.17) is 5.73 Å². The molecule has 1 aliphatic heterocycles. The fourth-order valence-electron chi connectivity index (χ4n) is 1.33. The summed E-state index contributed by atoms with van der Waals surface area (Å²) in [5.41, 5.74) is 5.14. The third-order valence-electron chi connectivity index (χ3n) is 2.18. The minimum absolute atomic E-state index is 0.123. The summed E-state index contributed by atoms with van der Waals surface area (Å²) in [6, 6.07) is 0.329. The summed E-state index contributed by atoms with van der Waals surface area (Å²) in [4.78, 5) is 12.8. The SMILES string of the molecule is CN(C)[C@H]1CN[C@H](C(N)=O)C1. The molecule has 1 aliphatic rings. The molecule has 0 bridgehead atoms. The molecule has 0 unspecified atom stereocenters. The lowest BCUT2D eigenvalue weighted by atomic mass is 10.1. The van der Waals surface area contributed by atoms with Crippen molar-refractivity contribution in [2.45, 2.75) is 18.5 Å². The van der Waals surface area contributed by atoms with Gasteiger partial charge in [-0.3, -0.25) is 4.79 Å². The third kappa shape index (κ3) is 1.91. The normalized spacial score (nSPS) is 31.2. The third-order valence-corrected chi connectivity index (χ3v) is 2.18. The van der Waals surface area contributed by atoms with Crippen molar-refractivity contribution in [3.05, 3.63) is 0 Å². The van der Waals surface area contributed by atoms with E-state index >= 15 is 0 Å². The molecule has 0 saturated carbocycles. The van der Waals surface area contributed by atoms with Gasteiger partial charge in [-0.1, -0.05) is 0 Å². The Morgan fingerprint density at radius 3 is 2.55 bits per heavy atom. The first-order valence-corrected chi connectivity index (χ1v) is 3.80. The minimum Gasteiger partial charge on any atom is -0.368 e. The van der Waals surface area contributed by atoms with Crippen LogP contribution in [0.3, 0.4) is 0 Å². The number of nitrogens with zero attached hydrogens (tertiary/aromatic N) is 1. The van der Waals surface area contributed by atoms with Crippen molar-refractivity contribution in [3.63, 3.8) is 0 Å². The molecule has 64 valence electrons. The van der Waals surface area contributed by atoms with Crippen LogP contribution >= 0.6 is 0 Å². The molecule has 0 aromatic rings. The smallest absolute Gasteiger partial charge is 0.234 e. The summed E-state index contributed by atoms with van der Waals surface area (Å²) in [7, 11) is 4.02. The summed E-state index contributed by atoms with van der Waals surface area (Å²) < 4.78 is 0. The molecule has 0 spiro atoms. The predicted octanol–water partition coefficient (Wildman–Crippen LogP) is -1.24. The highest BCUT2D eigenvalue weighted by molar-refractivity contribution is 5.80. The van der Waals surface area contributed by atoms with Crippen LogP contribution in [0.25, 0.3) is 0 Å². The van der Waals surface area contributed by atoms with E-state index in [0.29, 0.717) is 6.04 Å². The van der Waals surface area contributed by atoms with E-state index in [-0.39, 0.29) is 11.9 Å². The predicted molar refractivity (Wildman–Crippen MR) is 43.1 cm³/mol. The highest BCUT2D eigenvalue weighted by atomic mass is 16.1. The molecule has 0 radical (unpaired) electrons. The first kappa shape index (κ1) is 8.49. The fourth-order valence-corrected chi connectivity index (χ4v) is 1.33. The van der Waals surface area contributed by atoms with Gasteiger partial charge in [-0.15, -0.1) is 0 Å². The largest absolute Gasteiger partial charge is 0.368 e. The molecule has 4 heteroatoms. The number of nitrogens with two attached hydrogens (primary N) is 1. The maximum absolute atomic E-state index is 10.7. The van der Waals surface area contributed by atoms with Crippen LogP contribution < -0.4 is 11.1 Å². The quantitative estimate of drug-likeness (QED) is 0.527. The van der Waals surface area contributed by atoms with Gasteiger partial charge in [0.1, 0.15) is 0 Å². The van der Waals surface area contributed by atoms with Gasteiger partial charge in [-0.05, 0) is 20.5 Å². The second-order valence-electron chi connectivity index (χ2n) is 3.22. The number of hydrogen-bond donors (Lipinski definition) is 2. The monoisotopic (exact) mass is 157 g/mol. The molecule has 1 rings (SSSR count). The number of primary amides is 1. The number of carbonyl (C=O) groups excluding carboxylic acids is 1. The maximum Gasteiger partial charge on any atom is 0.234 e. The molecule has 2 atom stereocenters. The molecule has 1 amide bonds. The van der Waals surface area contributed by atoms with E-state index in [9.17, 15) is 4.79 Å². The fraction of sp³-hybridized carbons (Fsp3) is 0.857. The number of nitrogens with one attached hydrogen (secondary N) is 1. The molecule has 1 fully saturated rings. The molecule has 0 aromatic heterocycles. The number of likely N-dealkylation sites (N-methyl/N-ethyl adjacent to an activating group) is 1. The van der Waals surface area contributed by atoms with Gasteiger partial charge in [0.15, 0.2) is 0 Å². The van der Waals surface area contributed by atoms with Gasteiger partial charge in [0, 0.05) is 12.6 Å². The van der Waals surface area contributed by atoms with Gasteiger partial charge in [0.05, 0.1) is 6.04 Å². The first-order valence-electron chi connectivity index (χ1n) is 3.80. The van der Waals surface area contributed by atoms with Crippen LogP contribution in [0, 0.1) is 0 Å². The van der Waals surface area contributed by atoms with E-state index in [0.717, 1.165) is 13.0 Å². The van der Waals surface area contributed by atoms with Gasteiger partial charge in [-0.2, -0.15) is 0 Å². The Bertz CT molecular complexity index is 158. The van der Waals surface area contributed by atoms with Crippen LogP contribution in [-0.4, -0.2) is 43.5 Å². The van der Waals surface area contributed by atoms with Crippen molar-refractivity contribution < 1.29 is 4.79 Å². The molecule has 1 heterocycles. The van der Waals surface area contributed by atoms with Crippen LogP contribution in [-0.2, 0) is 4.79 Å². The maximum atomic E-state index is 10.7. The average Bonchev–Trinajstić information content (AvgIpc) is 2.33. The zero-order valence-corrected chi connectivity index (χ0v) is 7.00. The Morgan fingerprint density at radius 2 is 2.27 bits per heavy atom. The number of amides is 1. The Hall–Kier alpha value is -0.610. The zero-order valence-electron chi connectivity index (χ0n) is 7.00. The summed E-state index contributed by atoms with van der Waals surface area (Å²) in [5, 5.41) is 3.07. The van der Waals surface area contributed by atoms with E-state index in [1.165, 1.54) is 0 Å². The lowest BCUT2D eigenvalue weighted by Gasteiger charge is -2.16. The van der Waals surface area contributed by atoms with E-state index in [2.05, 4.69) is 10.2 Å². The van der Waals surface area contributed by atoms with Gasteiger partial charge < -0.3 is 16.0 Å². The molecule has 1 saturated heterocycles. The molecule has 0 aromatic carbocycles. The Kier molecular flexibility index (Phi) is 2.46. The van der Waals surface area contributed by atoms with Crippen molar-refractivity contribution in [1.82, 2.24) is 10.2 Å². The Labute approximate surface area is 66.7 Å². The molecule has 11 heavy (non-hydrogen) atoms. The lowest BCUT2D eigenvalue weighted by Crippen LogP contribution is -2.36. The van der Waals surface area contributed by atoms with Gasteiger partial charge in [0.2, 0.25) is 5.91 Å². The second kappa shape index (κ2) is 3.19. The lowest BCUT2D eigenvalue weighted by molar-refractivity contribution is -0.119. The second-order valence-corrected chi connectivity index (χ2v) is 3.22. The van der Waals surface area contributed by atoms with Crippen LogP contribution in [0.5, 0.6) is 0 Å². The summed E-state index contributed by atoms with van der Waals surface area (Å²) in [5.74, 6) is -0.241. The van der Waals surface area contributed by atoms with E-state index < -0.39 is 0 Å². The van der Waals surface area contributed by atoms with Crippen molar-refractivity contribution in [1.29, 1.82) is 0 Å². The molecule has 0 aliphatic carbocycles. The first-order chi connectivity index (χ1) is 5.11. The Morgan fingerprint density at radius 1 is 1.64 bits per heavy atom. The summed E-state index contributed by atoms with van der Waals surface area (Å²) in [6.45, 7) is 0.862. The van der Waals surface area contributed by atoms with Crippen molar-refractivity contribution in [2.75, 3.05) is 20.6 Å². The number of rotatable bonds is 2. The Balaban J connectivity index is 2.41. The molecule has 3 N–H and O–H groups in total. The van der Waals surface area contributed by atoms with Gasteiger partial charge in [0.25, 0.3) is 0 Å². The topological polar surface area (TPSA) is 58.4 Å². The van der Waals surface area contributed by atoms with Crippen LogP contribution in [0.4, 0.5) is 0 Å². The van der Waals surface area contributed by atoms with Crippen molar-refractivity contribution in [3.8, 4) is 0 Å². The van der Waals surface area contributed by atoms with Crippen LogP contribution in [0.2, 0.25) is 0 Å². The van der Waals surface area contributed by atoms with Crippen molar-refractivity contribution >= 4 is 5.91 Å². The van der Waals surface area contributed by atoms with Crippen molar-refractivity contribution in [2.24, 2.45) is 5.73 Å². The van der Waals surface area contributed by atoms with Gasteiger partial charge in [-0.25, -0.2) is 0 Å². The van der Waals surface area contributed by atoms with Crippen LogP contribution in [0.15, 0.2) is 0 Å². The zero-order chi connectivity index (χ0) is 8.43. The molecular formula is C7H15N3O. The number of hydrogen-bond acceptors (Lipinski definition) is 3. The average molecular weight is 157 g/mol. The highest BCUT2D eigenvalue weighted by Gasteiger charge is 2.28.